The third-order valence-corrected chi connectivity index (χ3v) is 5.89. The van der Waals surface area contributed by atoms with Crippen molar-refractivity contribution in [3.8, 4) is 0 Å². The van der Waals surface area contributed by atoms with Gasteiger partial charge in [-0.15, -0.1) is 11.3 Å². The molecule has 1 atom stereocenters. The van der Waals surface area contributed by atoms with Crippen molar-refractivity contribution in [3.05, 3.63) is 16.1 Å². The van der Waals surface area contributed by atoms with Crippen molar-refractivity contribution in [2.45, 2.75) is 57.2 Å². The first kappa shape index (κ1) is 12.8. The second-order valence-corrected chi connectivity index (χ2v) is 7.45. The standard InChI is InChI=1S/C15H21N3OS/c1-10-9-20-13(16-10)12-17-15(6-2-3-7-15)14(19)18(12)8-11-4-5-11/h9,11-12,17H,2-8H2,1H3. The zero-order chi connectivity index (χ0) is 13.7. The van der Waals surface area contributed by atoms with E-state index >= 15 is 0 Å². The number of aryl methyl sites for hydroxylation is 1. The zero-order valence-electron chi connectivity index (χ0n) is 11.9. The molecule has 1 aromatic rings. The van der Waals surface area contributed by atoms with Crippen LogP contribution in [0.4, 0.5) is 0 Å². The third kappa shape index (κ3) is 1.99. The molecule has 2 heterocycles. The number of nitrogens with zero attached hydrogens (tertiary/aromatic N) is 2. The maximum absolute atomic E-state index is 12.9. The Kier molecular flexibility index (Phi) is 2.89. The molecule has 1 unspecified atom stereocenters. The number of carbonyl (C=O) groups excluding carboxylic acids is 1. The molecule has 1 aromatic heterocycles. The van der Waals surface area contributed by atoms with Gasteiger partial charge in [-0.2, -0.15) is 0 Å². The highest BCUT2D eigenvalue weighted by atomic mass is 32.1. The monoisotopic (exact) mass is 291 g/mol. The number of nitrogens with one attached hydrogen (secondary N) is 1. The van der Waals surface area contributed by atoms with Gasteiger partial charge in [-0.3, -0.25) is 10.1 Å². The Morgan fingerprint density at radius 2 is 2.20 bits per heavy atom. The molecule has 4 nitrogen and oxygen atoms in total. The number of rotatable bonds is 3. The van der Waals surface area contributed by atoms with Crippen LogP contribution in [-0.4, -0.2) is 27.9 Å². The molecule has 20 heavy (non-hydrogen) atoms. The molecule has 1 amide bonds. The molecule has 1 saturated heterocycles. The van der Waals surface area contributed by atoms with E-state index in [0.717, 1.165) is 36.0 Å². The van der Waals surface area contributed by atoms with Gasteiger partial charge in [0, 0.05) is 17.6 Å². The number of carbonyl (C=O) groups is 1. The van der Waals surface area contributed by atoms with E-state index in [4.69, 9.17) is 0 Å². The highest BCUT2D eigenvalue weighted by Crippen LogP contribution is 2.43. The molecule has 0 bridgehead atoms. The Hall–Kier alpha value is -0.940. The van der Waals surface area contributed by atoms with Gasteiger partial charge >= 0.3 is 0 Å². The first-order valence-corrected chi connectivity index (χ1v) is 8.57. The average molecular weight is 291 g/mol. The summed E-state index contributed by atoms with van der Waals surface area (Å²) < 4.78 is 0. The Morgan fingerprint density at radius 1 is 1.45 bits per heavy atom. The van der Waals surface area contributed by atoms with Crippen molar-refractivity contribution in [3.63, 3.8) is 0 Å². The van der Waals surface area contributed by atoms with Crippen molar-refractivity contribution in [1.29, 1.82) is 0 Å². The molecule has 2 aliphatic carbocycles. The van der Waals surface area contributed by atoms with Crippen LogP contribution >= 0.6 is 11.3 Å². The summed E-state index contributed by atoms with van der Waals surface area (Å²) in [6, 6.07) is 0. The SMILES string of the molecule is Cc1csc(C2NC3(CCCC3)C(=O)N2CC2CC2)n1. The van der Waals surface area contributed by atoms with E-state index in [1.54, 1.807) is 11.3 Å². The summed E-state index contributed by atoms with van der Waals surface area (Å²) in [6.07, 6.45) is 6.89. The minimum absolute atomic E-state index is 0.0138. The topological polar surface area (TPSA) is 45.2 Å². The predicted octanol–water partition coefficient (Wildman–Crippen LogP) is 2.60. The quantitative estimate of drug-likeness (QED) is 0.931. The first-order valence-electron chi connectivity index (χ1n) is 7.69. The van der Waals surface area contributed by atoms with Gasteiger partial charge in [0.15, 0.2) is 0 Å². The Morgan fingerprint density at radius 3 is 2.80 bits per heavy atom. The molecule has 4 rings (SSSR count). The fourth-order valence-electron chi connectivity index (χ4n) is 3.59. The summed E-state index contributed by atoms with van der Waals surface area (Å²) in [5.41, 5.74) is 0.775. The largest absolute Gasteiger partial charge is 0.319 e. The number of aromatic nitrogens is 1. The Balaban J connectivity index is 1.65. The van der Waals surface area contributed by atoms with Gasteiger partial charge in [0.2, 0.25) is 5.91 Å². The predicted molar refractivity (Wildman–Crippen MR) is 78.4 cm³/mol. The fraction of sp³-hybridized carbons (Fsp3) is 0.733. The van der Waals surface area contributed by atoms with Crippen LogP contribution in [0.2, 0.25) is 0 Å². The molecular formula is C15H21N3OS. The van der Waals surface area contributed by atoms with Crippen LogP contribution in [0.25, 0.3) is 0 Å². The lowest BCUT2D eigenvalue weighted by Crippen LogP contribution is -2.44. The van der Waals surface area contributed by atoms with Crippen molar-refractivity contribution < 1.29 is 4.79 Å². The number of amides is 1. The van der Waals surface area contributed by atoms with Crippen molar-refractivity contribution in [1.82, 2.24) is 15.2 Å². The minimum atomic E-state index is -0.279. The second-order valence-electron chi connectivity index (χ2n) is 6.56. The normalized spacial score (nSPS) is 28.8. The number of hydrogen-bond acceptors (Lipinski definition) is 4. The van der Waals surface area contributed by atoms with Crippen molar-refractivity contribution >= 4 is 17.2 Å². The van der Waals surface area contributed by atoms with Crippen molar-refractivity contribution in [2.75, 3.05) is 6.54 Å². The number of thiazole rings is 1. The zero-order valence-corrected chi connectivity index (χ0v) is 12.7. The molecule has 3 fully saturated rings. The van der Waals surface area contributed by atoms with Gasteiger partial charge in [-0.05, 0) is 38.5 Å². The van der Waals surface area contributed by atoms with Gasteiger partial charge in [-0.25, -0.2) is 4.98 Å². The Bertz CT molecular complexity index is 531. The summed E-state index contributed by atoms with van der Waals surface area (Å²) in [4.78, 5) is 19.6. The van der Waals surface area contributed by atoms with Crippen LogP contribution in [0.15, 0.2) is 5.38 Å². The molecule has 108 valence electrons. The van der Waals surface area contributed by atoms with E-state index < -0.39 is 0 Å². The molecule has 0 radical (unpaired) electrons. The van der Waals surface area contributed by atoms with E-state index in [1.165, 1.54) is 25.7 Å². The van der Waals surface area contributed by atoms with E-state index in [2.05, 4.69) is 20.6 Å². The van der Waals surface area contributed by atoms with E-state index in [9.17, 15) is 4.79 Å². The van der Waals surface area contributed by atoms with Gasteiger partial charge < -0.3 is 4.90 Å². The molecule has 1 N–H and O–H groups in total. The van der Waals surface area contributed by atoms with E-state index in [1.807, 2.05) is 6.92 Å². The van der Waals surface area contributed by atoms with Gasteiger partial charge in [0.05, 0.1) is 5.54 Å². The third-order valence-electron chi connectivity index (χ3n) is 4.87. The lowest BCUT2D eigenvalue weighted by atomic mass is 9.98. The highest BCUT2D eigenvalue weighted by molar-refractivity contribution is 7.09. The lowest BCUT2D eigenvalue weighted by molar-refractivity contribution is -0.133. The van der Waals surface area contributed by atoms with Crippen LogP contribution in [0.3, 0.4) is 0 Å². The molecule has 5 heteroatoms. The summed E-state index contributed by atoms with van der Waals surface area (Å²) in [5, 5.41) is 6.79. The van der Waals surface area contributed by atoms with Gasteiger partial charge in [-0.1, -0.05) is 12.8 Å². The second kappa shape index (κ2) is 4.53. The van der Waals surface area contributed by atoms with Crippen LogP contribution in [0.1, 0.15) is 55.4 Å². The minimum Gasteiger partial charge on any atom is -0.319 e. The van der Waals surface area contributed by atoms with Gasteiger partial charge in [0.1, 0.15) is 11.2 Å². The van der Waals surface area contributed by atoms with Crippen LogP contribution in [0, 0.1) is 12.8 Å². The molecule has 0 aromatic carbocycles. The maximum atomic E-state index is 12.9. The molecule has 3 aliphatic rings. The Labute approximate surface area is 123 Å². The highest BCUT2D eigenvalue weighted by Gasteiger charge is 2.54. The van der Waals surface area contributed by atoms with E-state index in [0.29, 0.717) is 5.91 Å². The lowest BCUT2D eigenvalue weighted by Gasteiger charge is -2.22. The van der Waals surface area contributed by atoms with Gasteiger partial charge in [0.25, 0.3) is 0 Å². The van der Waals surface area contributed by atoms with E-state index in [-0.39, 0.29) is 11.7 Å². The summed E-state index contributed by atoms with van der Waals surface area (Å²) in [6.45, 7) is 2.93. The molecule has 1 spiro atoms. The van der Waals surface area contributed by atoms with Crippen LogP contribution < -0.4 is 5.32 Å². The fourth-order valence-corrected chi connectivity index (χ4v) is 4.45. The molecule has 2 saturated carbocycles. The molecular weight excluding hydrogens is 270 g/mol. The summed E-state index contributed by atoms with van der Waals surface area (Å²) in [7, 11) is 0. The smallest absolute Gasteiger partial charge is 0.244 e. The number of hydrogen-bond donors (Lipinski definition) is 1. The summed E-state index contributed by atoms with van der Waals surface area (Å²) >= 11 is 1.67. The maximum Gasteiger partial charge on any atom is 0.244 e. The average Bonchev–Trinajstić information content (AvgIpc) is 2.85. The van der Waals surface area contributed by atoms with Crippen LogP contribution in [0.5, 0.6) is 0 Å². The van der Waals surface area contributed by atoms with Crippen LogP contribution in [-0.2, 0) is 4.79 Å². The first-order chi connectivity index (χ1) is 9.68. The van der Waals surface area contributed by atoms with Crippen molar-refractivity contribution in [2.24, 2.45) is 5.92 Å². The summed E-state index contributed by atoms with van der Waals surface area (Å²) in [5.74, 6) is 1.06. The molecule has 1 aliphatic heterocycles.